The fourth-order valence-corrected chi connectivity index (χ4v) is 2.74. The van der Waals surface area contributed by atoms with Gasteiger partial charge in [0.2, 0.25) is 0 Å². The number of hydrogen-bond acceptors (Lipinski definition) is 5. The van der Waals surface area contributed by atoms with E-state index in [1.807, 2.05) is 0 Å². The van der Waals surface area contributed by atoms with Gasteiger partial charge in [-0.2, -0.15) is 0 Å². The summed E-state index contributed by atoms with van der Waals surface area (Å²) < 4.78 is 0. The van der Waals surface area contributed by atoms with Crippen molar-refractivity contribution in [3.8, 4) is 0 Å². The number of aryl methyl sites for hydroxylation is 1. The standard InChI is InChI=1S/C13H15N5O3/c1-8-9(6-14-7-15-8)10(19)18-4-2-13(3-5-18)11(20)16-12(21)17-13/h6-7H,2-5H2,1H3,(H2,16,17,20,21). The van der Waals surface area contributed by atoms with Crippen molar-refractivity contribution < 1.29 is 14.4 Å². The van der Waals surface area contributed by atoms with Crippen molar-refractivity contribution in [3.05, 3.63) is 23.8 Å². The van der Waals surface area contributed by atoms with Crippen molar-refractivity contribution in [2.75, 3.05) is 13.1 Å². The average molecular weight is 289 g/mol. The Morgan fingerprint density at radius 2 is 2.05 bits per heavy atom. The highest BCUT2D eigenvalue weighted by Gasteiger charge is 2.48. The molecule has 0 aliphatic carbocycles. The van der Waals surface area contributed by atoms with E-state index in [9.17, 15) is 14.4 Å². The molecule has 2 aliphatic heterocycles. The summed E-state index contributed by atoms with van der Waals surface area (Å²) in [5.41, 5.74) is 0.228. The highest BCUT2D eigenvalue weighted by atomic mass is 16.2. The Labute approximate surface area is 120 Å². The minimum atomic E-state index is -0.865. The topological polar surface area (TPSA) is 104 Å². The Morgan fingerprint density at radius 3 is 2.62 bits per heavy atom. The molecule has 8 heteroatoms. The molecule has 1 spiro atoms. The van der Waals surface area contributed by atoms with Crippen LogP contribution in [0.4, 0.5) is 4.79 Å². The summed E-state index contributed by atoms with van der Waals surface area (Å²) in [6.07, 6.45) is 3.71. The maximum Gasteiger partial charge on any atom is 0.322 e. The fraction of sp³-hybridized carbons (Fsp3) is 0.462. The molecule has 0 unspecified atom stereocenters. The van der Waals surface area contributed by atoms with E-state index in [1.165, 1.54) is 12.5 Å². The predicted molar refractivity (Wildman–Crippen MR) is 71.3 cm³/mol. The van der Waals surface area contributed by atoms with E-state index in [0.29, 0.717) is 37.2 Å². The molecule has 3 rings (SSSR count). The van der Waals surface area contributed by atoms with E-state index >= 15 is 0 Å². The molecule has 0 saturated carbocycles. The maximum absolute atomic E-state index is 12.4. The van der Waals surface area contributed by atoms with Crippen LogP contribution in [0, 0.1) is 6.92 Å². The number of imide groups is 1. The predicted octanol–water partition coefficient (Wildman–Crippen LogP) is -0.401. The molecule has 0 bridgehead atoms. The van der Waals surface area contributed by atoms with Crippen LogP contribution in [0.15, 0.2) is 12.5 Å². The minimum absolute atomic E-state index is 0.146. The van der Waals surface area contributed by atoms with Crippen LogP contribution >= 0.6 is 0 Å². The fourth-order valence-electron chi connectivity index (χ4n) is 2.74. The van der Waals surface area contributed by atoms with E-state index in [-0.39, 0.29) is 11.8 Å². The maximum atomic E-state index is 12.4. The summed E-state index contributed by atoms with van der Waals surface area (Å²) in [6, 6.07) is -0.466. The van der Waals surface area contributed by atoms with E-state index in [2.05, 4.69) is 20.6 Å². The molecule has 21 heavy (non-hydrogen) atoms. The first-order chi connectivity index (χ1) is 10.0. The van der Waals surface area contributed by atoms with Gasteiger partial charge in [0.15, 0.2) is 0 Å². The molecular weight excluding hydrogens is 274 g/mol. The van der Waals surface area contributed by atoms with Gasteiger partial charge < -0.3 is 10.2 Å². The van der Waals surface area contributed by atoms with Crippen molar-refractivity contribution in [1.29, 1.82) is 0 Å². The number of urea groups is 1. The number of nitrogens with zero attached hydrogens (tertiary/aromatic N) is 3. The molecular formula is C13H15N5O3. The van der Waals surface area contributed by atoms with Gasteiger partial charge in [-0.15, -0.1) is 0 Å². The third-order valence-corrected chi connectivity index (χ3v) is 4.06. The number of aromatic nitrogens is 2. The quantitative estimate of drug-likeness (QED) is 0.684. The van der Waals surface area contributed by atoms with Gasteiger partial charge >= 0.3 is 6.03 Å². The molecule has 2 N–H and O–H groups in total. The number of rotatable bonds is 1. The van der Waals surface area contributed by atoms with Gasteiger partial charge in [-0.25, -0.2) is 14.8 Å². The van der Waals surface area contributed by atoms with Gasteiger partial charge in [0.25, 0.3) is 11.8 Å². The van der Waals surface area contributed by atoms with Crippen LogP contribution in [0.2, 0.25) is 0 Å². The van der Waals surface area contributed by atoms with E-state index in [0.717, 1.165) is 0 Å². The Bertz CT molecular complexity index is 622. The molecule has 4 amide bonds. The number of nitrogens with one attached hydrogen (secondary N) is 2. The highest BCUT2D eigenvalue weighted by molar-refractivity contribution is 6.07. The number of carbonyl (C=O) groups excluding carboxylic acids is 3. The second kappa shape index (κ2) is 4.80. The molecule has 0 atom stereocenters. The molecule has 1 aromatic heterocycles. The second-order valence-electron chi connectivity index (χ2n) is 5.30. The zero-order valence-electron chi connectivity index (χ0n) is 11.5. The van der Waals surface area contributed by atoms with E-state index in [1.54, 1.807) is 11.8 Å². The molecule has 2 saturated heterocycles. The molecule has 2 aliphatic rings. The van der Waals surface area contributed by atoms with Crippen LogP contribution in [0.1, 0.15) is 28.9 Å². The zero-order valence-corrected chi connectivity index (χ0v) is 11.5. The second-order valence-corrected chi connectivity index (χ2v) is 5.30. The summed E-state index contributed by atoms with van der Waals surface area (Å²) in [4.78, 5) is 45.1. The Hall–Kier alpha value is -2.51. The summed E-state index contributed by atoms with van der Waals surface area (Å²) in [5, 5.41) is 4.92. The van der Waals surface area contributed by atoms with Gasteiger partial charge in [-0.05, 0) is 19.8 Å². The van der Waals surface area contributed by atoms with Crippen LogP contribution in [-0.4, -0.2) is 51.3 Å². The molecule has 1 aromatic rings. The Kier molecular flexibility index (Phi) is 3.08. The first-order valence-electron chi connectivity index (χ1n) is 6.71. The van der Waals surface area contributed by atoms with Gasteiger partial charge in [-0.1, -0.05) is 0 Å². The lowest BCUT2D eigenvalue weighted by molar-refractivity contribution is -0.125. The Balaban J connectivity index is 1.72. The van der Waals surface area contributed by atoms with Crippen molar-refractivity contribution in [2.24, 2.45) is 0 Å². The third kappa shape index (κ3) is 2.22. The zero-order chi connectivity index (χ0) is 15.0. The summed E-state index contributed by atoms with van der Waals surface area (Å²) >= 11 is 0. The van der Waals surface area contributed by atoms with Gasteiger partial charge in [-0.3, -0.25) is 14.9 Å². The molecule has 0 radical (unpaired) electrons. The monoisotopic (exact) mass is 289 g/mol. The summed E-state index contributed by atoms with van der Waals surface area (Å²) in [7, 11) is 0. The van der Waals surface area contributed by atoms with Crippen LogP contribution in [0.5, 0.6) is 0 Å². The van der Waals surface area contributed by atoms with Crippen LogP contribution < -0.4 is 10.6 Å². The van der Waals surface area contributed by atoms with Gasteiger partial charge in [0.05, 0.1) is 11.3 Å². The lowest BCUT2D eigenvalue weighted by atomic mass is 9.87. The number of piperidine rings is 1. The van der Waals surface area contributed by atoms with Crippen molar-refractivity contribution in [1.82, 2.24) is 25.5 Å². The van der Waals surface area contributed by atoms with Crippen LogP contribution in [-0.2, 0) is 4.79 Å². The highest BCUT2D eigenvalue weighted by Crippen LogP contribution is 2.26. The lowest BCUT2D eigenvalue weighted by Gasteiger charge is -2.37. The largest absolute Gasteiger partial charge is 0.338 e. The van der Waals surface area contributed by atoms with Crippen LogP contribution in [0.25, 0.3) is 0 Å². The van der Waals surface area contributed by atoms with E-state index in [4.69, 9.17) is 0 Å². The number of amides is 4. The summed E-state index contributed by atoms with van der Waals surface area (Å²) in [5.74, 6) is -0.452. The van der Waals surface area contributed by atoms with Gasteiger partial charge in [0.1, 0.15) is 11.9 Å². The SMILES string of the molecule is Cc1ncncc1C(=O)N1CCC2(CC1)NC(=O)NC2=O. The van der Waals surface area contributed by atoms with Crippen LogP contribution in [0.3, 0.4) is 0 Å². The molecule has 3 heterocycles. The lowest BCUT2D eigenvalue weighted by Crippen LogP contribution is -2.55. The van der Waals surface area contributed by atoms with Crippen molar-refractivity contribution in [2.45, 2.75) is 25.3 Å². The first kappa shape index (κ1) is 13.5. The molecule has 8 nitrogen and oxygen atoms in total. The first-order valence-corrected chi connectivity index (χ1v) is 6.71. The Morgan fingerprint density at radius 1 is 1.33 bits per heavy atom. The average Bonchev–Trinajstić information content (AvgIpc) is 2.74. The minimum Gasteiger partial charge on any atom is -0.338 e. The van der Waals surface area contributed by atoms with Gasteiger partial charge in [0, 0.05) is 19.3 Å². The van der Waals surface area contributed by atoms with Crippen molar-refractivity contribution >= 4 is 17.8 Å². The smallest absolute Gasteiger partial charge is 0.322 e. The number of carbonyl (C=O) groups is 3. The summed E-state index contributed by atoms with van der Waals surface area (Å²) in [6.45, 7) is 2.56. The van der Waals surface area contributed by atoms with Crippen molar-refractivity contribution in [3.63, 3.8) is 0 Å². The third-order valence-electron chi connectivity index (χ3n) is 4.06. The molecule has 0 aromatic carbocycles. The normalized spacial score (nSPS) is 20.3. The number of hydrogen-bond donors (Lipinski definition) is 2. The molecule has 110 valence electrons. The van der Waals surface area contributed by atoms with E-state index < -0.39 is 11.6 Å². The number of likely N-dealkylation sites (tertiary alicyclic amines) is 1. The molecule has 2 fully saturated rings.